The second kappa shape index (κ2) is 3.12. The summed E-state index contributed by atoms with van der Waals surface area (Å²) in [6.45, 7) is 1.07. The molecule has 3 heteroatoms. The predicted molar refractivity (Wildman–Crippen MR) is 68.1 cm³/mol. The quantitative estimate of drug-likeness (QED) is 0.681. The summed E-state index contributed by atoms with van der Waals surface area (Å²) >= 11 is 5.23. The van der Waals surface area contributed by atoms with Gasteiger partial charge in [0.05, 0.1) is 6.04 Å². The van der Waals surface area contributed by atoms with E-state index in [1.807, 2.05) is 0 Å². The van der Waals surface area contributed by atoms with Crippen LogP contribution in [0.5, 0.6) is 0 Å². The van der Waals surface area contributed by atoms with Crippen LogP contribution in [0.25, 0.3) is 0 Å². The summed E-state index contributed by atoms with van der Waals surface area (Å²) in [5.74, 6) is 3.13. The first-order valence-electron chi connectivity index (χ1n) is 6.78. The van der Waals surface area contributed by atoms with Crippen LogP contribution in [0.3, 0.4) is 0 Å². The molecule has 0 aromatic heterocycles. The van der Waals surface area contributed by atoms with Gasteiger partial charge in [0.1, 0.15) is 0 Å². The highest BCUT2D eigenvalue weighted by Crippen LogP contribution is 2.61. The highest BCUT2D eigenvalue weighted by Gasteiger charge is 2.54. The van der Waals surface area contributed by atoms with E-state index in [4.69, 9.17) is 12.2 Å². The molecule has 5 aliphatic rings. The zero-order chi connectivity index (χ0) is 10.8. The highest BCUT2D eigenvalue weighted by molar-refractivity contribution is 7.80. The van der Waals surface area contributed by atoms with Gasteiger partial charge in [-0.1, -0.05) is 0 Å². The van der Waals surface area contributed by atoms with Gasteiger partial charge in [0.2, 0.25) is 0 Å². The summed E-state index contributed by atoms with van der Waals surface area (Å²) in [6.07, 6.45) is 9.01. The van der Waals surface area contributed by atoms with Gasteiger partial charge < -0.3 is 10.6 Å². The summed E-state index contributed by atoms with van der Waals surface area (Å²) in [4.78, 5) is 0. The van der Waals surface area contributed by atoms with Gasteiger partial charge in [0.15, 0.2) is 5.11 Å². The van der Waals surface area contributed by atoms with Crippen LogP contribution in [0.1, 0.15) is 38.5 Å². The Hall–Kier alpha value is -0.310. The third-order valence-corrected chi connectivity index (χ3v) is 5.86. The van der Waals surface area contributed by atoms with E-state index < -0.39 is 0 Å². The van der Waals surface area contributed by atoms with Crippen molar-refractivity contribution in [3.63, 3.8) is 0 Å². The summed E-state index contributed by atoms with van der Waals surface area (Å²) in [5, 5.41) is 7.74. The van der Waals surface area contributed by atoms with Gasteiger partial charge >= 0.3 is 0 Å². The van der Waals surface area contributed by atoms with Crippen molar-refractivity contribution in [1.29, 1.82) is 0 Å². The van der Waals surface area contributed by atoms with E-state index in [9.17, 15) is 0 Å². The number of rotatable bonds is 1. The Morgan fingerprint density at radius 2 is 1.56 bits per heavy atom. The minimum absolute atomic E-state index is 0.600. The maximum absolute atomic E-state index is 5.23. The maximum atomic E-state index is 5.23. The zero-order valence-electron chi connectivity index (χ0n) is 9.67. The average Bonchev–Trinajstić information content (AvgIpc) is 2.63. The SMILES string of the molecule is S=C1NCC(C23CC4CC(CC(C4)C2)C3)N1. The Labute approximate surface area is 103 Å². The molecule has 1 atom stereocenters. The lowest BCUT2D eigenvalue weighted by Crippen LogP contribution is -2.55. The minimum atomic E-state index is 0.600. The van der Waals surface area contributed by atoms with Crippen LogP contribution >= 0.6 is 12.2 Å². The van der Waals surface area contributed by atoms with E-state index in [2.05, 4.69) is 10.6 Å². The van der Waals surface area contributed by atoms with E-state index in [0.29, 0.717) is 11.5 Å². The van der Waals surface area contributed by atoms with Gasteiger partial charge in [-0.15, -0.1) is 0 Å². The maximum Gasteiger partial charge on any atom is 0.166 e. The van der Waals surface area contributed by atoms with Gasteiger partial charge in [0, 0.05) is 6.54 Å². The number of hydrogen-bond donors (Lipinski definition) is 2. The lowest BCUT2D eigenvalue weighted by atomic mass is 9.48. The Morgan fingerprint density at radius 1 is 1.00 bits per heavy atom. The van der Waals surface area contributed by atoms with Crippen LogP contribution in [0, 0.1) is 23.2 Å². The molecule has 5 rings (SSSR count). The largest absolute Gasteiger partial charge is 0.361 e. The summed E-state index contributed by atoms with van der Waals surface area (Å²) in [7, 11) is 0. The second-order valence-electron chi connectivity index (χ2n) is 6.69. The smallest absolute Gasteiger partial charge is 0.166 e. The molecule has 1 unspecified atom stereocenters. The van der Waals surface area contributed by atoms with Gasteiger partial charge in [-0.05, 0) is 73.9 Å². The van der Waals surface area contributed by atoms with Gasteiger partial charge in [-0.25, -0.2) is 0 Å². The Morgan fingerprint density at radius 3 is 2.00 bits per heavy atom. The van der Waals surface area contributed by atoms with Crippen molar-refractivity contribution in [2.45, 2.75) is 44.6 Å². The Kier molecular flexibility index (Phi) is 1.89. The van der Waals surface area contributed by atoms with Crippen molar-refractivity contribution in [2.75, 3.05) is 6.54 Å². The molecule has 1 aliphatic heterocycles. The van der Waals surface area contributed by atoms with Crippen LogP contribution in [-0.4, -0.2) is 17.7 Å². The third-order valence-electron chi connectivity index (χ3n) is 5.60. The number of thiocarbonyl (C=S) groups is 1. The summed E-state index contributed by atoms with van der Waals surface area (Å²) in [6, 6.07) is 0.633. The standard InChI is InChI=1S/C13H20N2S/c16-12-14-7-11(15-12)13-4-8-1-9(5-13)3-10(2-8)6-13/h8-11H,1-7H2,(H2,14,15,16). The van der Waals surface area contributed by atoms with Crippen LogP contribution in [-0.2, 0) is 0 Å². The first-order chi connectivity index (χ1) is 7.73. The molecule has 2 N–H and O–H groups in total. The zero-order valence-corrected chi connectivity index (χ0v) is 10.5. The molecule has 16 heavy (non-hydrogen) atoms. The number of hydrogen-bond acceptors (Lipinski definition) is 1. The molecule has 4 bridgehead atoms. The molecule has 1 heterocycles. The van der Waals surface area contributed by atoms with Crippen molar-refractivity contribution in [2.24, 2.45) is 23.2 Å². The molecule has 0 amide bonds. The minimum Gasteiger partial charge on any atom is -0.361 e. The van der Waals surface area contributed by atoms with E-state index >= 15 is 0 Å². The topological polar surface area (TPSA) is 24.1 Å². The van der Waals surface area contributed by atoms with Crippen LogP contribution < -0.4 is 10.6 Å². The molecule has 88 valence electrons. The third kappa shape index (κ3) is 1.27. The highest BCUT2D eigenvalue weighted by atomic mass is 32.1. The van der Waals surface area contributed by atoms with Crippen LogP contribution in [0.2, 0.25) is 0 Å². The molecule has 0 aromatic rings. The fourth-order valence-electron chi connectivity index (χ4n) is 5.43. The molecule has 0 aromatic carbocycles. The van der Waals surface area contributed by atoms with E-state index in [1.165, 1.54) is 38.5 Å². The summed E-state index contributed by atoms with van der Waals surface area (Å²) < 4.78 is 0. The first-order valence-corrected chi connectivity index (χ1v) is 7.19. The average molecular weight is 236 g/mol. The first kappa shape index (κ1) is 9.69. The fourth-order valence-corrected chi connectivity index (χ4v) is 5.65. The molecule has 0 spiro atoms. The fraction of sp³-hybridized carbons (Fsp3) is 0.923. The molecular weight excluding hydrogens is 216 g/mol. The van der Waals surface area contributed by atoms with Crippen molar-refractivity contribution in [1.82, 2.24) is 10.6 Å². The predicted octanol–water partition coefficient (Wildman–Crippen LogP) is 2.05. The lowest BCUT2D eigenvalue weighted by Gasteiger charge is -2.58. The van der Waals surface area contributed by atoms with E-state index in [-0.39, 0.29) is 0 Å². The molecule has 0 radical (unpaired) electrons. The normalized spacial score (nSPS) is 53.9. The van der Waals surface area contributed by atoms with Crippen molar-refractivity contribution in [3.8, 4) is 0 Å². The summed E-state index contributed by atoms with van der Waals surface area (Å²) in [5.41, 5.74) is 0.600. The van der Waals surface area contributed by atoms with Crippen LogP contribution in [0.4, 0.5) is 0 Å². The van der Waals surface area contributed by atoms with Gasteiger partial charge in [-0.3, -0.25) is 0 Å². The second-order valence-corrected chi connectivity index (χ2v) is 7.10. The Balaban J connectivity index is 1.64. The molecule has 4 aliphatic carbocycles. The van der Waals surface area contributed by atoms with Crippen molar-refractivity contribution in [3.05, 3.63) is 0 Å². The van der Waals surface area contributed by atoms with Gasteiger partial charge in [0.25, 0.3) is 0 Å². The van der Waals surface area contributed by atoms with Crippen LogP contribution in [0.15, 0.2) is 0 Å². The molecule has 2 nitrogen and oxygen atoms in total. The molecule has 5 fully saturated rings. The van der Waals surface area contributed by atoms with Crippen molar-refractivity contribution >= 4 is 17.3 Å². The van der Waals surface area contributed by atoms with E-state index in [0.717, 1.165) is 29.4 Å². The molecule has 1 saturated heterocycles. The van der Waals surface area contributed by atoms with Gasteiger partial charge in [-0.2, -0.15) is 0 Å². The Bertz CT molecular complexity index is 304. The lowest BCUT2D eigenvalue weighted by molar-refractivity contribution is -0.0671. The molecule has 4 saturated carbocycles. The van der Waals surface area contributed by atoms with Crippen molar-refractivity contribution < 1.29 is 0 Å². The van der Waals surface area contributed by atoms with E-state index in [1.54, 1.807) is 0 Å². The monoisotopic (exact) mass is 236 g/mol. The number of nitrogens with one attached hydrogen (secondary N) is 2. The molecular formula is C13H20N2S.